The largest absolute Gasteiger partial charge is 0.481 e. The third-order valence-electron chi connectivity index (χ3n) is 5.80. The highest BCUT2D eigenvalue weighted by atomic mass is 16.5. The van der Waals surface area contributed by atoms with E-state index < -0.39 is 0 Å². The topological polar surface area (TPSA) is 66.9 Å². The molecule has 2 saturated heterocycles. The van der Waals surface area contributed by atoms with Crippen molar-refractivity contribution in [3.8, 4) is 5.88 Å². The average molecular weight is 399 g/mol. The van der Waals surface area contributed by atoms with E-state index in [-0.39, 0.29) is 0 Å². The standard InChI is InChI=1S/C21H30N6O2/c1-25(19-5-8-22-21(24-19)27-11-13-29-14-12-27)18-6-9-26(10-7-18)16-17-3-4-20(28-2)23-15-17/h3-5,8,15,18H,6-7,9-14,16H2,1-2H3. The number of methoxy groups -OCH3 is 1. The van der Waals surface area contributed by atoms with Gasteiger partial charge in [0.2, 0.25) is 11.8 Å². The molecule has 29 heavy (non-hydrogen) atoms. The molecule has 0 aliphatic carbocycles. The fourth-order valence-electron chi connectivity index (χ4n) is 3.99. The predicted molar refractivity (Wildman–Crippen MR) is 113 cm³/mol. The molecule has 0 spiro atoms. The van der Waals surface area contributed by atoms with Crippen molar-refractivity contribution in [2.24, 2.45) is 0 Å². The average Bonchev–Trinajstić information content (AvgIpc) is 2.80. The Bertz CT molecular complexity index is 773. The SMILES string of the molecule is COc1ccc(CN2CCC(N(C)c3ccnc(N4CCOCC4)n3)CC2)cn1. The van der Waals surface area contributed by atoms with E-state index in [1.165, 1.54) is 5.56 Å². The van der Waals surface area contributed by atoms with Crippen LogP contribution in [0.25, 0.3) is 0 Å². The van der Waals surface area contributed by atoms with Gasteiger partial charge in [0.1, 0.15) is 5.82 Å². The molecule has 4 rings (SSSR count). The molecule has 0 bridgehead atoms. The van der Waals surface area contributed by atoms with Crippen LogP contribution >= 0.6 is 0 Å². The van der Waals surface area contributed by atoms with Crippen LogP contribution in [0.5, 0.6) is 5.88 Å². The van der Waals surface area contributed by atoms with Crippen LogP contribution in [-0.2, 0) is 11.3 Å². The summed E-state index contributed by atoms with van der Waals surface area (Å²) in [6, 6.07) is 6.53. The quantitative estimate of drug-likeness (QED) is 0.730. The third-order valence-corrected chi connectivity index (χ3v) is 5.80. The van der Waals surface area contributed by atoms with E-state index in [2.05, 4.69) is 37.8 Å². The molecule has 2 fully saturated rings. The smallest absolute Gasteiger partial charge is 0.227 e. The van der Waals surface area contributed by atoms with Gasteiger partial charge in [0, 0.05) is 64.3 Å². The monoisotopic (exact) mass is 398 g/mol. The van der Waals surface area contributed by atoms with Crippen LogP contribution in [0.2, 0.25) is 0 Å². The maximum Gasteiger partial charge on any atom is 0.227 e. The molecule has 0 aromatic carbocycles. The second-order valence-corrected chi connectivity index (χ2v) is 7.64. The minimum atomic E-state index is 0.493. The minimum Gasteiger partial charge on any atom is -0.481 e. The fourth-order valence-corrected chi connectivity index (χ4v) is 3.99. The molecule has 8 nitrogen and oxygen atoms in total. The summed E-state index contributed by atoms with van der Waals surface area (Å²) < 4.78 is 10.6. The van der Waals surface area contributed by atoms with Gasteiger partial charge in [-0.05, 0) is 24.5 Å². The van der Waals surface area contributed by atoms with Gasteiger partial charge in [0.05, 0.1) is 20.3 Å². The van der Waals surface area contributed by atoms with Gasteiger partial charge >= 0.3 is 0 Å². The molecule has 2 aromatic heterocycles. The first-order chi connectivity index (χ1) is 14.2. The number of pyridine rings is 1. The Hall–Kier alpha value is -2.45. The Morgan fingerprint density at radius 2 is 1.90 bits per heavy atom. The normalized spacial score (nSPS) is 18.6. The van der Waals surface area contributed by atoms with Crippen molar-refractivity contribution < 1.29 is 9.47 Å². The van der Waals surface area contributed by atoms with Crippen molar-refractivity contribution in [3.05, 3.63) is 36.2 Å². The molecule has 0 amide bonds. The van der Waals surface area contributed by atoms with Crippen molar-refractivity contribution >= 4 is 11.8 Å². The summed E-state index contributed by atoms with van der Waals surface area (Å²) in [5.74, 6) is 2.47. The van der Waals surface area contributed by atoms with Gasteiger partial charge in [0.15, 0.2) is 0 Å². The van der Waals surface area contributed by atoms with E-state index in [0.29, 0.717) is 11.9 Å². The van der Waals surface area contributed by atoms with Crippen LogP contribution in [0.15, 0.2) is 30.6 Å². The molecule has 0 atom stereocenters. The number of hydrogen-bond acceptors (Lipinski definition) is 8. The number of hydrogen-bond donors (Lipinski definition) is 0. The van der Waals surface area contributed by atoms with Gasteiger partial charge in [-0.1, -0.05) is 6.07 Å². The number of ether oxygens (including phenoxy) is 2. The Morgan fingerprint density at radius 1 is 1.10 bits per heavy atom. The first kappa shape index (κ1) is 19.8. The zero-order valence-electron chi connectivity index (χ0n) is 17.3. The summed E-state index contributed by atoms with van der Waals surface area (Å²) in [6.45, 7) is 6.27. The van der Waals surface area contributed by atoms with Crippen molar-refractivity contribution in [3.63, 3.8) is 0 Å². The Labute approximate surface area is 172 Å². The number of nitrogens with zero attached hydrogens (tertiary/aromatic N) is 6. The first-order valence-electron chi connectivity index (χ1n) is 10.3. The summed E-state index contributed by atoms with van der Waals surface area (Å²) in [4.78, 5) is 20.6. The predicted octanol–water partition coefficient (Wildman–Crippen LogP) is 1.82. The number of aromatic nitrogens is 3. The second-order valence-electron chi connectivity index (χ2n) is 7.64. The molecule has 4 heterocycles. The highest BCUT2D eigenvalue weighted by molar-refractivity contribution is 5.44. The lowest BCUT2D eigenvalue weighted by atomic mass is 10.0. The van der Waals surface area contributed by atoms with Crippen molar-refractivity contribution in [2.45, 2.75) is 25.4 Å². The van der Waals surface area contributed by atoms with E-state index >= 15 is 0 Å². The van der Waals surface area contributed by atoms with Gasteiger partial charge in [-0.3, -0.25) is 4.90 Å². The molecule has 156 valence electrons. The van der Waals surface area contributed by atoms with E-state index in [1.807, 2.05) is 24.5 Å². The number of piperidine rings is 1. The van der Waals surface area contributed by atoms with Crippen LogP contribution in [-0.4, -0.2) is 79.4 Å². The molecular weight excluding hydrogens is 368 g/mol. The zero-order chi connectivity index (χ0) is 20.1. The molecule has 8 heteroatoms. The number of morpholine rings is 1. The second kappa shape index (κ2) is 9.37. The molecule has 0 saturated carbocycles. The van der Waals surface area contributed by atoms with Gasteiger partial charge in [-0.2, -0.15) is 4.98 Å². The van der Waals surface area contributed by atoms with Gasteiger partial charge in [-0.25, -0.2) is 9.97 Å². The third kappa shape index (κ3) is 4.94. The van der Waals surface area contributed by atoms with E-state index in [4.69, 9.17) is 14.5 Å². The maximum absolute atomic E-state index is 5.44. The molecular formula is C21H30N6O2. The fraction of sp³-hybridized carbons (Fsp3) is 0.571. The van der Waals surface area contributed by atoms with Crippen LogP contribution in [0.4, 0.5) is 11.8 Å². The lowest BCUT2D eigenvalue weighted by Gasteiger charge is -2.37. The van der Waals surface area contributed by atoms with Crippen LogP contribution in [0.3, 0.4) is 0 Å². The highest BCUT2D eigenvalue weighted by Gasteiger charge is 2.24. The van der Waals surface area contributed by atoms with Crippen molar-refractivity contribution in [1.29, 1.82) is 0 Å². The van der Waals surface area contributed by atoms with Crippen LogP contribution in [0, 0.1) is 0 Å². The molecule has 0 N–H and O–H groups in total. The Kier molecular flexibility index (Phi) is 6.41. The summed E-state index contributed by atoms with van der Waals surface area (Å²) >= 11 is 0. The maximum atomic E-state index is 5.44. The van der Waals surface area contributed by atoms with Crippen LogP contribution in [0.1, 0.15) is 18.4 Å². The summed E-state index contributed by atoms with van der Waals surface area (Å²) in [5.41, 5.74) is 1.23. The summed E-state index contributed by atoms with van der Waals surface area (Å²) in [5, 5.41) is 0. The lowest BCUT2D eigenvalue weighted by molar-refractivity contribution is 0.122. The molecule has 2 aliphatic heterocycles. The minimum absolute atomic E-state index is 0.493. The van der Waals surface area contributed by atoms with Crippen LogP contribution < -0.4 is 14.5 Å². The summed E-state index contributed by atoms with van der Waals surface area (Å²) in [7, 11) is 3.80. The molecule has 2 aliphatic rings. The molecule has 2 aromatic rings. The molecule has 0 radical (unpaired) electrons. The number of anilines is 2. The van der Waals surface area contributed by atoms with Crippen molar-refractivity contribution in [2.75, 3.05) is 63.4 Å². The lowest BCUT2D eigenvalue weighted by Crippen LogP contribution is -2.43. The highest BCUT2D eigenvalue weighted by Crippen LogP contribution is 2.23. The molecule has 0 unspecified atom stereocenters. The zero-order valence-corrected chi connectivity index (χ0v) is 17.3. The van der Waals surface area contributed by atoms with E-state index in [9.17, 15) is 0 Å². The Morgan fingerprint density at radius 3 is 2.59 bits per heavy atom. The van der Waals surface area contributed by atoms with E-state index in [0.717, 1.165) is 70.5 Å². The van der Waals surface area contributed by atoms with E-state index in [1.54, 1.807) is 7.11 Å². The summed E-state index contributed by atoms with van der Waals surface area (Å²) in [6.07, 6.45) is 6.02. The number of likely N-dealkylation sites (tertiary alicyclic amines) is 1. The van der Waals surface area contributed by atoms with Crippen molar-refractivity contribution in [1.82, 2.24) is 19.9 Å². The van der Waals surface area contributed by atoms with Gasteiger partial charge in [0.25, 0.3) is 0 Å². The van der Waals surface area contributed by atoms with Gasteiger partial charge in [-0.15, -0.1) is 0 Å². The Balaban J connectivity index is 1.32. The van der Waals surface area contributed by atoms with Gasteiger partial charge < -0.3 is 19.3 Å². The first-order valence-corrected chi connectivity index (χ1v) is 10.3. The number of rotatable bonds is 6.